The fourth-order valence-corrected chi connectivity index (χ4v) is 3.17. The Morgan fingerprint density at radius 2 is 2.14 bits per heavy atom. The van der Waals surface area contributed by atoms with E-state index in [4.69, 9.17) is 16.3 Å². The van der Waals surface area contributed by atoms with Gasteiger partial charge in [-0.25, -0.2) is 12.8 Å². The summed E-state index contributed by atoms with van der Waals surface area (Å²) in [5, 5.41) is 2.99. The van der Waals surface area contributed by atoms with Crippen LogP contribution in [0.1, 0.15) is 38.8 Å². The summed E-state index contributed by atoms with van der Waals surface area (Å²) < 4.78 is 42.8. The van der Waals surface area contributed by atoms with Gasteiger partial charge in [-0.05, 0) is 19.9 Å². The third-order valence-corrected chi connectivity index (χ3v) is 5.28. The lowest BCUT2D eigenvalue weighted by molar-refractivity contribution is 0.0668. The van der Waals surface area contributed by atoms with Crippen LogP contribution in [0.15, 0.2) is 12.1 Å². The zero-order chi connectivity index (χ0) is 15.8. The molecule has 21 heavy (non-hydrogen) atoms. The molecule has 0 saturated carbocycles. The van der Waals surface area contributed by atoms with E-state index in [2.05, 4.69) is 5.32 Å². The van der Waals surface area contributed by atoms with Crippen molar-refractivity contribution < 1.29 is 17.5 Å². The van der Waals surface area contributed by atoms with Crippen LogP contribution < -0.4 is 10.1 Å². The minimum atomic E-state index is -3.15. The number of hydrogen-bond donors (Lipinski definition) is 1. The van der Waals surface area contributed by atoms with E-state index < -0.39 is 21.3 Å². The zero-order valence-corrected chi connectivity index (χ0v) is 13.8. The second kappa shape index (κ2) is 5.74. The molecule has 0 amide bonds. The van der Waals surface area contributed by atoms with Crippen LogP contribution in [-0.4, -0.2) is 25.6 Å². The molecule has 1 unspecified atom stereocenters. The van der Waals surface area contributed by atoms with Gasteiger partial charge in [-0.2, -0.15) is 0 Å². The molecule has 1 N–H and O–H groups in total. The van der Waals surface area contributed by atoms with Crippen molar-refractivity contribution in [3.8, 4) is 5.75 Å². The molecule has 0 fully saturated rings. The average Bonchev–Trinajstić information content (AvgIpc) is 2.37. The first-order valence-corrected chi connectivity index (χ1v) is 8.95. The Balaban J connectivity index is 2.32. The molecule has 0 radical (unpaired) electrons. The number of fused-ring (bicyclic) bond motifs is 1. The van der Waals surface area contributed by atoms with E-state index in [1.54, 1.807) is 6.92 Å². The van der Waals surface area contributed by atoms with Gasteiger partial charge in [-0.15, -0.1) is 0 Å². The van der Waals surface area contributed by atoms with Gasteiger partial charge in [-0.1, -0.05) is 18.5 Å². The Labute approximate surface area is 129 Å². The van der Waals surface area contributed by atoms with E-state index in [1.165, 1.54) is 12.1 Å². The summed E-state index contributed by atoms with van der Waals surface area (Å²) >= 11 is 5.79. The van der Waals surface area contributed by atoms with Crippen LogP contribution in [-0.2, 0) is 9.84 Å². The van der Waals surface area contributed by atoms with Crippen LogP contribution in [0.5, 0.6) is 5.75 Å². The highest BCUT2D eigenvalue weighted by atomic mass is 35.5. The number of ether oxygens (including phenoxy) is 1. The van der Waals surface area contributed by atoms with Crippen molar-refractivity contribution in [3.05, 3.63) is 28.5 Å². The molecule has 0 aromatic heterocycles. The van der Waals surface area contributed by atoms with E-state index in [1.807, 2.05) is 13.8 Å². The summed E-state index contributed by atoms with van der Waals surface area (Å²) in [6, 6.07) is 2.45. The second-order valence-electron chi connectivity index (χ2n) is 5.80. The lowest BCUT2D eigenvalue weighted by atomic mass is 9.90. The third-order valence-electron chi connectivity index (χ3n) is 3.50. The monoisotopic (exact) mass is 335 g/mol. The zero-order valence-electron chi connectivity index (χ0n) is 12.2. The van der Waals surface area contributed by atoms with Crippen molar-refractivity contribution >= 4 is 21.4 Å². The van der Waals surface area contributed by atoms with Crippen LogP contribution in [0.2, 0.25) is 5.02 Å². The Morgan fingerprint density at radius 1 is 1.48 bits per heavy atom. The van der Waals surface area contributed by atoms with Gasteiger partial charge < -0.3 is 4.74 Å². The molecule has 2 rings (SSSR count). The Bertz CT molecular complexity index is 646. The van der Waals surface area contributed by atoms with Crippen LogP contribution in [0.4, 0.5) is 4.39 Å². The number of hydrogen-bond acceptors (Lipinski definition) is 4. The van der Waals surface area contributed by atoms with E-state index in [0.717, 1.165) is 0 Å². The fourth-order valence-electron chi connectivity index (χ4n) is 2.36. The van der Waals surface area contributed by atoms with Crippen LogP contribution in [0.3, 0.4) is 0 Å². The molecule has 0 spiro atoms. The molecule has 4 nitrogen and oxygen atoms in total. The molecule has 1 aromatic carbocycles. The first-order chi connectivity index (χ1) is 9.63. The molecule has 1 aromatic rings. The highest BCUT2D eigenvalue weighted by Gasteiger charge is 2.34. The maximum atomic E-state index is 13.7. The van der Waals surface area contributed by atoms with Gasteiger partial charge in [0.1, 0.15) is 17.2 Å². The average molecular weight is 336 g/mol. The minimum Gasteiger partial charge on any atom is -0.487 e. The molecule has 0 aliphatic carbocycles. The lowest BCUT2D eigenvalue weighted by Crippen LogP contribution is -2.41. The molecule has 7 heteroatoms. The first-order valence-electron chi connectivity index (χ1n) is 6.75. The van der Waals surface area contributed by atoms with Crippen LogP contribution in [0.25, 0.3) is 0 Å². The van der Waals surface area contributed by atoms with Crippen LogP contribution >= 0.6 is 11.6 Å². The van der Waals surface area contributed by atoms with Crippen molar-refractivity contribution in [1.82, 2.24) is 5.32 Å². The van der Waals surface area contributed by atoms with Gasteiger partial charge >= 0.3 is 0 Å². The van der Waals surface area contributed by atoms with Gasteiger partial charge in [0.25, 0.3) is 0 Å². The van der Waals surface area contributed by atoms with Crippen LogP contribution in [0, 0.1) is 5.82 Å². The third kappa shape index (κ3) is 3.87. The summed E-state index contributed by atoms with van der Waals surface area (Å²) in [6.07, 6.45) is 0.542. The first kappa shape index (κ1) is 16.5. The number of benzene rings is 1. The quantitative estimate of drug-likeness (QED) is 0.918. The van der Waals surface area contributed by atoms with E-state index in [-0.39, 0.29) is 22.7 Å². The van der Waals surface area contributed by atoms with Gasteiger partial charge in [0.05, 0.1) is 10.9 Å². The molecule has 1 heterocycles. The number of nitrogens with one attached hydrogen (secondary N) is 1. The van der Waals surface area contributed by atoms with Gasteiger partial charge in [0.15, 0.2) is 9.84 Å². The molecule has 118 valence electrons. The SMILES string of the molecule is CCS(=O)(=O)CNC1CC(C)(C)Oc2cc(Cl)c(F)cc21. The summed E-state index contributed by atoms with van der Waals surface area (Å²) in [6.45, 7) is 5.39. The maximum Gasteiger partial charge on any atom is 0.162 e. The summed E-state index contributed by atoms with van der Waals surface area (Å²) in [5.74, 6) is -0.129. The molecular weight excluding hydrogens is 317 g/mol. The largest absolute Gasteiger partial charge is 0.487 e. The molecule has 1 aliphatic rings. The maximum absolute atomic E-state index is 13.7. The smallest absolute Gasteiger partial charge is 0.162 e. The Morgan fingerprint density at radius 3 is 2.76 bits per heavy atom. The highest BCUT2D eigenvalue weighted by molar-refractivity contribution is 7.91. The number of rotatable bonds is 4. The van der Waals surface area contributed by atoms with Gasteiger partial charge in [0.2, 0.25) is 0 Å². The van der Waals surface area contributed by atoms with E-state index in [0.29, 0.717) is 17.7 Å². The molecular formula is C14H19ClFNO3S. The highest BCUT2D eigenvalue weighted by Crippen LogP contribution is 2.41. The van der Waals surface area contributed by atoms with E-state index in [9.17, 15) is 12.8 Å². The topological polar surface area (TPSA) is 55.4 Å². The minimum absolute atomic E-state index is 0.00798. The second-order valence-corrected chi connectivity index (χ2v) is 8.56. The van der Waals surface area contributed by atoms with Gasteiger partial charge in [0, 0.05) is 29.8 Å². The van der Waals surface area contributed by atoms with Crippen molar-refractivity contribution in [1.29, 1.82) is 0 Å². The standard InChI is InChI=1S/C14H19ClFNO3S/c1-4-21(18,19)8-17-12-7-14(2,3)20-13-6-10(15)11(16)5-9(12)13/h5-6,12,17H,4,7-8H2,1-3H3. The normalized spacial score (nSPS) is 20.7. The summed E-state index contributed by atoms with van der Waals surface area (Å²) in [5.41, 5.74) is 0.115. The predicted octanol–water partition coefficient (Wildman–Crippen LogP) is 3.06. The molecule has 0 saturated heterocycles. The fraction of sp³-hybridized carbons (Fsp3) is 0.571. The number of sulfone groups is 1. The Kier molecular flexibility index (Phi) is 4.52. The summed E-state index contributed by atoms with van der Waals surface area (Å²) in [7, 11) is -3.15. The lowest BCUT2D eigenvalue weighted by Gasteiger charge is -2.38. The van der Waals surface area contributed by atoms with Crippen molar-refractivity contribution in [2.75, 3.05) is 11.6 Å². The van der Waals surface area contributed by atoms with Gasteiger partial charge in [-0.3, -0.25) is 5.32 Å². The molecule has 1 atom stereocenters. The molecule has 1 aliphatic heterocycles. The molecule has 0 bridgehead atoms. The van der Waals surface area contributed by atoms with Crippen molar-refractivity contribution in [3.63, 3.8) is 0 Å². The number of halogens is 2. The van der Waals surface area contributed by atoms with Crippen molar-refractivity contribution in [2.24, 2.45) is 0 Å². The summed E-state index contributed by atoms with van der Waals surface area (Å²) in [4.78, 5) is 0. The van der Waals surface area contributed by atoms with Crippen molar-refractivity contribution in [2.45, 2.75) is 38.8 Å². The van der Waals surface area contributed by atoms with E-state index >= 15 is 0 Å². The predicted molar refractivity (Wildman–Crippen MR) is 80.9 cm³/mol. The Hall–Kier alpha value is -0.850.